The lowest BCUT2D eigenvalue weighted by Crippen LogP contribution is -2.42. The van der Waals surface area contributed by atoms with Gasteiger partial charge >= 0.3 is 0 Å². The lowest BCUT2D eigenvalue weighted by Gasteiger charge is -2.25. The molecule has 0 aromatic carbocycles. The predicted octanol–water partition coefficient (Wildman–Crippen LogP) is -0.198. The van der Waals surface area contributed by atoms with Gasteiger partial charge in [-0.2, -0.15) is 4.98 Å². The first kappa shape index (κ1) is 18.0. The Labute approximate surface area is 107 Å². The van der Waals surface area contributed by atoms with E-state index in [9.17, 15) is 0 Å². The summed E-state index contributed by atoms with van der Waals surface area (Å²) in [6.45, 7) is 6.83. The number of aryl methyl sites for hydroxylation is 1. The van der Waals surface area contributed by atoms with Crippen molar-refractivity contribution in [3.8, 4) is 0 Å². The lowest BCUT2D eigenvalue weighted by atomic mass is 10.3. The zero-order valence-corrected chi connectivity index (χ0v) is 10.7. The van der Waals surface area contributed by atoms with Crippen molar-refractivity contribution in [1.29, 1.82) is 0 Å². The van der Waals surface area contributed by atoms with Crippen molar-refractivity contribution in [1.82, 2.24) is 20.4 Å². The summed E-state index contributed by atoms with van der Waals surface area (Å²) in [6.07, 6.45) is 0. The molecule has 0 spiro atoms. The Morgan fingerprint density at radius 3 is 2.44 bits per heavy atom. The van der Waals surface area contributed by atoms with Crippen molar-refractivity contribution in [3.63, 3.8) is 0 Å². The van der Waals surface area contributed by atoms with Gasteiger partial charge in [0, 0.05) is 26.2 Å². The van der Waals surface area contributed by atoms with Gasteiger partial charge in [0.15, 0.2) is 5.82 Å². The van der Waals surface area contributed by atoms with E-state index < -0.39 is 0 Å². The first-order chi connectivity index (χ1) is 6.34. The molecule has 0 atom stereocenters. The highest BCUT2D eigenvalue weighted by atomic mass is 35.5. The molecule has 2 rings (SSSR count). The number of piperazine rings is 1. The maximum atomic E-state index is 5.04. The molecule has 1 aromatic heterocycles. The SMILES string of the molecule is Cc1noc(CN2CCNCC2)n1.Cl.Cl.O. The second-order valence-electron chi connectivity index (χ2n) is 3.26. The molecule has 96 valence electrons. The van der Waals surface area contributed by atoms with Crippen molar-refractivity contribution in [2.75, 3.05) is 26.2 Å². The van der Waals surface area contributed by atoms with Crippen molar-refractivity contribution in [3.05, 3.63) is 11.7 Å². The number of rotatable bonds is 2. The molecule has 6 nitrogen and oxygen atoms in total. The Morgan fingerprint density at radius 2 is 1.94 bits per heavy atom. The molecule has 1 saturated heterocycles. The average molecular weight is 273 g/mol. The molecule has 0 unspecified atom stereocenters. The number of hydrogen-bond donors (Lipinski definition) is 1. The van der Waals surface area contributed by atoms with Crippen LogP contribution >= 0.6 is 24.8 Å². The van der Waals surface area contributed by atoms with Crippen LogP contribution in [-0.4, -0.2) is 46.7 Å². The van der Waals surface area contributed by atoms with Crippen LogP contribution in [-0.2, 0) is 6.54 Å². The number of halogens is 2. The normalized spacial score (nSPS) is 15.6. The van der Waals surface area contributed by atoms with Gasteiger partial charge in [-0.15, -0.1) is 24.8 Å². The van der Waals surface area contributed by atoms with Crippen LogP contribution in [0.15, 0.2) is 4.52 Å². The number of nitrogens with one attached hydrogen (secondary N) is 1. The first-order valence-corrected chi connectivity index (χ1v) is 4.57. The highest BCUT2D eigenvalue weighted by Crippen LogP contribution is 2.02. The van der Waals surface area contributed by atoms with E-state index in [1.165, 1.54) is 0 Å². The maximum absolute atomic E-state index is 5.04. The summed E-state index contributed by atoms with van der Waals surface area (Å²) in [5.41, 5.74) is 0. The monoisotopic (exact) mass is 272 g/mol. The zero-order chi connectivity index (χ0) is 9.10. The highest BCUT2D eigenvalue weighted by molar-refractivity contribution is 5.85. The number of nitrogens with zero attached hydrogens (tertiary/aromatic N) is 3. The van der Waals surface area contributed by atoms with Gasteiger partial charge in [-0.3, -0.25) is 4.90 Å². The number of aromatic nitrogens is 2. The standard InChI is InChI=1S/C8H14N4O.2ClH.H2O/c1-7-10-8(13-11-7)6-12-4-2-9-3-5-12;;;/h9H,2-6H2,1H3;2*1H;1H2. The van der Waals surface area contributed by atoms with Crippen molar-refractivity contribution in [2.24, 2.45) is 0 Å². The van der Waals surface area contributed by atoms with Gasteiger partial charge in [0.1, 0.15) is 0 Å². The van der Waals surface area contributed by atoms with Crippen LogP contribution in [0.5, 0.6) is 0 Å². The molecule has 1 fully saturated rings. The largest absolute Gasteiger partial charge is 0.412 e. The van der Waals surface area contributed by atoms with Crippen LogP contribution in [0, 0.1) is 6.92 Å². The van der Waals surface area contributed by atoms with E-state index >= 15 is 0 Å². The van der Waals surface area contributed by atoms with E-state index in [0.29, 0.717) is 5.82 Å². The maximum Gasteiger partial charge on any atom is 0.240 e. The summed E-state index contributed by atoms with van der Waals surface area (Å²) < 4.78 is 5.04. The molecule has 1 aliphatic rings. The van der Waals surface area contributed by atoms with Gasteiger partial charge < -0.3 is 15.3 Å². The molecular weight excluding hydrogens is 255 g/mol. The molecular formula is C8H18Cl2N4O2. The van der Waals surface area contributed by atoms with E-state index in [2.05, 4.69) is 20.4 Å². The van der Waals surface area contributed by atoms with Crippen LogP contribution in [0.4, 0.5) is 0 Å². The van der Waals surface area contributed by atoms with Crippen LogP contribution in [0.3, 0.4) is 0 Å². The Hall–Kier alpha value is -0.400. The molecule has 0 radical (unpaired) electrons. The quantitative estimate of drug-likeness (QED) is 0.806. The summed E-state index contributed by atoms with van der Waals surface area (Å²) >= 11 is 0. The molecule has 1 aromatic rings. The van der Waals surface area contributed by atoms with Gasteiger partial charge in [-0.05, 0) is 6.92 Å². The summed E-state index contributed by atoms with van der Waals surface area (Å²) in [4.78, 5) is 6.47. The molecule has 1 aliphatic heterocycles. The molecule has 8 heteroatoms. The van der Waals surface area contributed by atoms with Gasteiger partial charge in [-0.25, -0.2) is 0 Å². The van der Waals surface area contributed by atoms with Crippen LogP contribution < -0.4 is 5.32 Å². The molecule has 0 amide bonds. The fraction of sp³-hybridized carbons (Fsp3) is 0.750. The molecule has 16 heavy (non-hydrogen) atoms. The summed E-state index contributed by atoms with van der Waals surface area (Å²) in [7, 11) is 0. The molecule has 0 bridgehead atoms. The molecule has 0 aliphatic carbocycles. The van der Waals surface area contributed by atoms with Gasteiger partial charge in [-0.1, -0.05) is 5.16 Å². The van der Waals surface area contributed by atoms with E-state index in [-0.39, 0.29) is 30.3 Å². The van der Waals surface area contributed by atoms with Crippen LogP contribution in [0.1, 0.15) is 11.7 Å². The van der Waals surface area contributed by atoms with Crippen molar-refractivity contribution in [2.45, 2.75) is 13.5 Å². The zero-order valence-electron chi connectivity index (χ0n) is 9.10. The lowest BCUT2D eigenvalue weighted by molar-refractivity contribution is 0.203. The average Bonchev–Trinajstić information content (AvgIpc) is 2.53. The molecule has 0 saturated carbocycles. The Balaban J connectivity index is 0. The first-order valence-electron chi connectivity index (χ1n) is 4.57. The third-order valence-corrected chi connectivity index (χ3v) is 2.14. The smallest absolute Gasteiger partial charge is 0.240 e. The summed E-state index contributed by atoms with van der Waals surface area (Å²) in [5, 5.41) is 7.05. The Bertz CT molecular complexity index is 279. The third kappa shape index (κ3) is 5.09. The summed E-state index contributed by atoms with van der Waals surface area (Å²) in [6, 6.07) is 0. The second kappa shape index (κ2) is 8.72. The highest BCUT2D eigenvalue weighted by Gasteiger charge is 2.12. The minimum Gasteiger partial charge on any atom is -0.412 e. The van der Waals surface area contributed by atoms with E-state index in [1.807, 2.05) is 6.92 Å². The second-order valence-corrected chi connectivity index (χ2v) is 3.26. The van der Waals surface area contributed by atoms with E-state index in [0.717, 1.165) is 38.6 Å². The van der Waals surface area contributed by atoms with Gasteiger partial charge in [0.2, 0.25) is 5.89 Å². The van der Waals surface area contributed by atoms with E-state index in [1.54, 1.807) is 0 Å². The topological polar surface area (TPSA) is 85.7 Å². The number of hydrogen-bond acceptors (Lipinski definition) is 5. The fourth-order valence-corrected chi connectivity index (χ4v) is 1.46. The van der Waals surface area contributed by atoms with Crippen molar-refractivity contribution < 1.29 is 10.00 Å². The molecule has 2 heterocycles. The minimum atomic E-state index is 0. The summed E-state index contributed by atoms with van der Waals surface area (Å²) in [5.74, 6) is 1.43. The predicted molar refractivity (Wildman–Crippen MR) is 65.3 cm³/mol. The van der Waals surface area contributed by atoms with Gasteiger partial charge in [0.05, 0.1) is 6.54 Å². The van der Waals surface area contributed by atoms with Gasteiger partial charge in [0.25, 0.3) is 0 Å². The Morgan fingerprint density at radius 1 is 1.31 bits per heavy atom. The fourth-order valence-electron chi connectivity index (χ4n) is 1.46. The third-order valence-electron chi connectivity index (χ3n) is 2.14. The van der Waals surface area contributed by atoms with Crippen LogP contribution in [0.25, 0.3) is 0 Å². The van der Waals surface area contributed by atoms with E-state index in [4.69, 9.17) is 4.52 Å². The van der Waals surface area contributed by atoms with Crippen molar-refractivity contribution >= 4 is 24.8 Å². The van der Waals surface area contributed by atoms with Crippen LogP contribution in [0.2, 0.25) is 0 Å². The molecule has 3 N–H and O–H groups in total. The minimum absolute atomic E-state index is 0. The Kier molecular flexibility index (Phi) is 9.80.